The predicted molar refractivity (Wildman–Crippen MR) is 251 cm³/mol. The summed E-state index contributed by atoms with van der Waals surface area (Å²) < 4.78 is 16.6. The van der Waals surface area contributed by atoms with Gasteiger partial charge in [-0.05, 0) is 70.6 Å². The summed E-state index contributed by atoms with van der Waals surface area (Å²) in [4.78, 5) is 37.7. The van der Waals surface area contributed by atoms with Crippen molar-refractivity contribution in [1.29, 1.82) is 0 Å². The van der Waals surface area contributed by atoms with Gasteiger partial charge in [0, 0.05) is 19.3 Å². The van der Waals surface area contributed by atoms with Crippen molar-refractivity contribution in [1.82, 2.24) is 0 Å². The fourth-order valence-corrected chi connectivity index (χ4v) is 6.55. The van der Waals surface area contributed by atoms with Crippen molar-refractivity contribution in [3.63, 3.8) is 0 Å². The van der Waals surface area contributed by atoms with Gasteiger partial charge in [-0.1, -0.05) is 209 Å². The molecule has 0 aliphatic heterocycles. The van der Waals surface area contributed by atoms with Crippen LogP contribution in [-0.2, 0) is 28.6 Å². The Bertz CT molecular complexity index is 1130. The first-order valence-corrected chi connectivity index (χ1v) is 24.4. The second-order valence-corrected chi connectivity index (χ2v) is 16.0. The van der Waals surface area contributed by atoms with E-state index in [0.29, 0.717) is 25.7 Å². The Morgan fingerprint density at radius 3 is 1.19 bits per heavy atom. The number of allylic oxidation sites excluding steroid dienone is 12. The third-order valence-corrected chi connectivity index (χ3v) is 10.2. The minimum absolute atomic E-state index is 0.112. The van der Waals surface area contributed by atoms with Gasteiger partial charge in [0.25, 0.3) is 0 Å². The molecule has 1 atom stereocenters. The number of ether oxygens (including phenoxy) is 3. The normalized spacial score (nSPS) is 12.7. The third-order valence-electron chi connectivity index (χ3n) is 10.2. The molecule has 0 heterocycles. The van der Waals surface area contributed by atoms with Crippen LogP contribution in [0.1, 0.15) is 226 Å². The predicted octanol–water partition coefficient (Wildman–Crippen LogP) is 15.9. The Kier molecular flexibility index (Phi) is 45.0. The van der Waals surface area contributed by atoms with E-state index in [1.54, 1.807) is 0 Å². The van der Waals surface area contributed by atoms with E-state index in [1.807, 2.05) is 12.2 Å². The molecule has 0 aromatic carbocycles. The number of carbonyl (C=O) groups is 3. The van der Waals surface area contributed by atoms with E-state index in [9.17, 15) is 14.4 Å². The highest BCUT2D eigenvalue weighted by molar-refractivity contribution is 5.71. The fraction of sp³-hybridized carbons (Fsp3) is 0.717. The molecule has 6 heteroatoms. The molecule has 0 saturated heterocycles. The lowest BCUT2D eigenvalue weighted by Crippen LogP contribution is -2.30. The van der Waals surface area contributed by atoms with Gasteiger partial charge in [0.15, 0.2) is 6.10 Å². The summed E-state index contributed by atoms with van der Waals surface area (Å²) >= 11 is 0. The average Bonchev–Trinajstić information content (AvgIpc) is 3.23. The van der Waals surface area contributed by atoms with Crippen LogP contribution >= 0.6 is 0 Å². The molecule has 0 rings (SSSR count). The van der Waals surface area contributed by atoms with Crippen molar-refractivity contribution in [3.05, 3.63) is 72.9 Å². The van der Waals surface area contributed by atoms with Crippen LogP contribution in [0.3, 0.4) is 0 Å². The van der Waals surface area contributed by atoms with Gasteiger partial charge in [-0.2, -0.15) is 0 Å². The molecule has 0 aromatic rings. The SMILES string of the molecule is CC/C=C\C/C=C\C/C=C\C/C=C\C/C=C\CCC(=O)OCC(COC(=O)CCC/C=C\CCCCCC)OC(=O)CCCCCCCCCCCCCCCCCC. The average molecular weight is 823 g/mol. The Morgan fingerprint density at radius 1 is 0.356 bits per heavy atom. The van der Waals surface area contributed by atoms with E-state index >= 15 is 0 Å². The van der Waals surface area contributed by atoms with E-state index in [-0.39, 0.29) is 37.5 Å². The largest absolute Gasteiger partial charge is 0.462 e. The maximum Gasteiger partial charge on any atom is 0.306 e. The van der Waals surface area contributed by atoms with Gasteiger partial charge < -0.3 is 14.2 Å². The number of carbonyl (C=O) groups excluding carboxylic acids is 3. The standard InChI is InChI=1S/C53H90O6/c1-4-7-10-13-16-19-21-23-25-27-29-31-34-37-40-43-46-52(55)58-49-50(48-57-51(54)45-42-39-36-33-18-15-12-9-6-3)59-53(56)47-44-41-38-35-32-30-28-26-24-22-20-17-14-11-8-5-2/h7,10,16,19,23,25,29,31,33,36-37,40,50H,4-6,8-9,11-15,17-18,20-22,24,26-28,30,32,34-35,38-39,41-49H2,1-3H3/b10-7-,19-16-,25-23-,31-29-,36-33-,40-37-. The van der Waals surface area contributed by atoms with Crippen LogP contribution in [0.15, 0.2) is 72.9 Å². The lowest BCUT2D eigenvalue weighted by Gasteiger charge is -2.18. The van der Waals surface area contributed by atoms with Crippen molar-refractivity contribution in [2.75, 3.05) is 13.2 Å². The molecule has 6 nitrogen and oxygen atoms in total. The second-order valence-electron chi connectivity index (χ2n) is 16.0. The molecule has 0 bridgehead atoms. The molecule has 0 radical (unpaired) electrons. The topological polar surface area (TPSA) is 78.9 Å². The first-order chi connectivity index (χ1) is 29.0. The van der Waals surface area contributed by atoms with Gasteiger partial charge >= 0.3 is 17.9 Å². The quantitative estimate of drug-likeness (QED) is 0.0264. The number of hydrogen-bond donors (Lipinski definition) is 0. The fourth-order valence-electron chi connectivity index (χ4n) is 6.55. The molecule has 0 spiro atoms. The molecule has 0 fully saturated rings. The summed E-state index contributed by atoms with van der Waals surface area (Å²) in [6.07, 6.45) is 59.1. The van der Waals surface area contributed by atoms with Crippen LogP contribution < -0.4 is 0 Å². The molecule has 0 saturated carbocycles. The van der Waals surface area contributed by atoms with Gasteiger partial charge in [-0.15, -0.1) is 0 Å². The third kappa shape index (κ3) is 45.8. The van der Waals surface area contributed by atoms with E-state index in [0.717, 1.165) is 64.2 Å². The van der Waals surface area contributed by atoms with Gasteiger partial charge in [0.1, 0.15) is 13.2 Å². The summed E-state index contributed by atoms with van der Waals surface area (Å²) in [5, 5.41) is 0. The minimum atomic E-state index is -0.812. The minimum Gasteiger partial charge on any atom is -0.462 e. The van der Waals surface area contributed by atoms with Gasteiger partial charge in [-0.25, -0.2) is 0 Å². The Balaban J connectivity index is 4.45. The Morgan fingerprint density at radius 2 is 0.712 bits per heavy atom. The van der Waals surface area contributed by atoms with Crippen LogP contribution in [0, 0.1) is 0 Å². The maximum absolute atomic E-state index is 12.7. The first kappa shape index (κ1) is 55.9. The Hall–Kier alpha value is -3.15. The van der Waals surface area contributed by atoms with E-state index < -0.39 is 6.10 Å². The number of hydrogen-bond acceptors (Lipinski definition) is 6. The molecule has 0 N–H and O–H groups in total. The zero-order chi connectivity index (χ0) is 43.0. The van der Waals surface area contributed by atoms with Gasteiger partial charge in [0.2, 0.25) is 0 Å². The molecule has 0 aliphatic carbocycles. The molecule has 59 heavy (non-hydrogen) atoms. The molecular formula is C53H90O6. The van der Waals surface area contributed by atoms with E-state index in [4.69, 9.17) is 14.2 Å². The van der Waals surface area contributed by atoms with Gasteiger partial charge in [0.05, 0.1) is 0 Å². The van der Waals surface area contributed by atoms with Crippen LogP contribution in [0.4, 0.5) is 0 Å². The highest BCUT2D eigenvalue weighted by atomic mass is 16.6. The molecule has 0 aromatic heterocycles. The number of esters is 3. The van der Waals surface area contributed by atoms with Crippen LogP contribution in [0.25, 0.3) is 0 Å². The molecule has 0 amide bonds. The van der Waals surface area contributed by atoms with E-state index in [2.05, 4.69) is 81.5 Å². The second kappa shape index (κ2) is 47.5. The van der Waals surface area contributed by atoms with Crippen molar-refractivity contribution in [2.45, 2.75) is 232 Å². The Labute approximate surface area is 363 Å². The van der Waals surface area contributed by atoms with Crippen molar-refractivity contribution < 1.29 is 28.6 Å². The molecular weight excluding hydrogens is 733 g/mol. The lowest BCUT2D eigenvalue weighted by molar-refractivity contribution is -0.166. The van der Waals surface area contributed by atoms with E-state index in [1.165, 1.54) is 109 Å². The summed E-state index contributed by atoms with van der Waals surface area (Å²) in [7, 11) is 0. The number of unbranched alkanes of at least 4 members (excludes halogenated alkanes) is 20. The zero-order valence-electron chi connectivity index (χ0n) is 38.5. The maximum atomic E-state index is 12.7. The van der Waals surface area contributed by atoms with Crippen molar-refractivity contribution in [3.8, 4) is 0 Å². The highest BCUT2D eigenvalue weighted by Crippen LogP contribution is 2.15. The van der Waals surface area contributed by atoms with Gasteiger partial charge in [-0.3, -0.25) is 14.4 Å². The van der Waals surface area contributed by atoms with Crippen molar-refractivity contribution >= 4 is 17.9 Å². The first-order valence-electron chi connectivity index (χ1n) is 24.4. The smallest absolute Gasteiger partial charge is 0.306 e. The summed E-state index contributed by atoms with van der Waals surface area (Å²) in [5.74, 6) is -1.03. The molecule has 0 aliphatic rings. The van der Waals surface area contributed by atoms with Crippen LogP contribution in [0.2, 0.25) is 0 Å². The highest BCUT2D eigenvalue weighted by Gasteiger charge is 2.19. The summed E-state index contributed by atoms with van der Waals surface area (Å²) in [5.41, 5.74) is 0. The molecule has 1 unspecified atom stereocenters. The lowest BCUT2D eigenvalue weighted by atomic mass is 10.0. The monoisotopic (exact) mass is 823 g/mol. The zero-order valence-corrected chi connectivity index (χ0v) is 38.5. The van der Waals surface area contributed by atoms with Crippen LogP contribution in [-0.4, -0.2) is 37.2 Å². The number of rotatable bonds is 43. The van der Waals surface area contributed by atoms with Crippen molar-refractivity contribution in [2.24, 2.45) is 0 Å². The summed E-state index contributed by atoms with van der Waals surface area (Å²) in [6, 6.07) is 0. The van der Waals surface area contributed by atoms with Crippen LogP contribution in [0.5, 0.6) is 0 Å². The molecule has 338 valence electrons. The summed E-state index contributed by atoms with van der Waals surface area (Å²) in [6.45, 7) is 6.40.